The molecule has 356 valence electrons. The zero-order valence-electron chi connectivity index (χ0n) is 39.2. The number of carbonyl (C=O) groups excluding carboxylic acids is 2. The number of unbranched alkanes of at least 4 members (excludes halogenated alkanes) is 16. The number of ether oxygens (including phenoxy) is 2. The van der Waals surface area contributed by atoms with E-state index in [1.807, 2.05) is 0 Å². The van der Waals surface area contributed by atoms with E-state index in [2.05, 4.69) is 46.1 Å². The van der Waals surface area contributed by atoms with Gasteiger partial charge in [0.05, 0.1) is 13.2 Å². The molecule has 0 aliphatic carbocycles. The van der Waals surface area contributed by atoms with Crippen molar-refractivity contribution in [3.8, 4) is 0 Å². The second kappa shape index (κ2) is 31.8. The van der Waals surface area contributed by atoms with Crippen LogP contribution in [0.25, 0.3) is 0 Å². The molecule has 4 N–H and O–H groups in total. The number of nitrogens with two attached hydrogens (primary N) is 1. The van der Waals surface area contributed by atoms with Gasteiger partial charge in [-0.15, -0.1) is 0 Å². The number of furan rings is 2. The van der Waals surface area contributed by atoms with Crippen LogP contribution in [0.5, 0.6) is 0 Å². The van der Waals surface area contributed by atoms with Crippen LogP contribution in [0.3, 0.4) is 0 Å². The van der Waals surface area contributed by atoms with E-state index in [-0.39, 0.29) is 19.4 Å². The molecule has 0 aromatic carbocycles. The maximum Gasteiger partial charge on any atom is 0.472 e. The molecule has 0 bridgehead atoms. The highest BCUT2D eigenvalue weighted by Crippen LogP contribution is 2.43. The SMILES string of the molecule is CCCCCc1oc(CCCCCCCCCCCCC(=O)OC(COC(=O)CCCCCCCCc2oc(CCC)c(C)c2C)COP(=O)(O)OCC(N)C(=O)O)c(C)c1C. The molecule has 2 rings (SSSR count). The summed E-state index contributed by atoms with van der Waals surface area (Å²) in [6.07, 6.45) is 24.2. The van der Waals surface area contributed by atoms with Crippen molar-refractivity contribution in [2.24, 2.45) is 5.73 Å². The maximum absolute atomic E-state index is 12.7. The normalized spacial score (nSPS) is 13.5. The summed E-state index contributed by atoms with van der Waals surface area (Å²) in [5, 5.41) is 8.93. The highest BCUT2D eigenvalue weighted by Gasteiger charge is 2.28. The average molecular weight is 896 g/mol. The molecule has 0 amide bonds. The van der Waals surface area contributed by atoms with E-state index >= 15 is 0 Å². The molecular formula is C48H82NO12P. The summed E-state index contributed by atoms with van der Waals surface area (Å²) in [7, 11) is -4.74. The van der Waals surface area contributed by atoms with Crippen molar-refractivity contribution >= 4 is 25.7 Å². The minimum Gasteiger partial charge on any atom is -0.480 e. The Hall–Kier alpha value is -2.96. The predicted molar refractivity (Wildman–Crippen MR) is 242 cm³/mol. The van der Waals surface area contributed by atoms with E-state index in [1.165, 1.54) is 73.0 Å². The number of esters is 2. The van der Waals surface area contributed by atoms with E-state index in [0.717, 1.165) is 114 Å². The molecule has 0 fully saturated rings. The third-order valence-electron chi connectivity index (χ3n) is 11.7. The fourth-order valence-electron chi connectivity index (χ4n) is 7.47. The van der Waals surface area contributed by atoms with Gasteiger partial charge in [0.25, 0.3) is 0 Å². The Morgan fingerprint density at radius 1 is 0.548 bits per heavy atom. The number of carbonyl (C=O) groups is 3. The summed E-state index contributed by atoms with van der Waals surface area (Å²) >= 11 is 0. The minimum absolute atomic E-state index is 0.140. The number of hydrogen-bond donors (Lipinski definition) is 3. The van der Waals surface area contributed by atoms with Gasteiger partial charge in [-0.1, -0.05) is 104 Å². The third kappa shape index (κ3) is 23.1. The molecule has 13 nitrogen and oxygen atoms in total. The van der Waals surface area contributed by atoms with Crippen molar-refractivity contribution in [1.29, 1.82) is 0 Å². The minimum atomic E-state index is -4.74. The standard InChI is InChI=1S/C48H82NO12P/c1-7-9-22-28-43-38(5)39(6)45(61-43)30-23-18-14-12-10-11-13-15-21-26-32-47(51)59-40(34-57-62(54,55)58-35-41(49)48(52)53)33-56-46(50)31-25-20-17-16-19-24-29-44-37(4)36(3)42(60-44)27-8-2/h40-41H,7-35,49H2,1-6H3,(H,52,53)(H,54,55). The molecule has 2 aromatic rings. The largest absolute Gasteiger partial charge is 0.480 e. The molecule has 14 heteroatoms. The van der Waals surface area contributed by atoms with E-state index in [4.69, 9.17) is 33.7 Å². The lowest BCUT2D eigenvalue weighted by Crippen LogP contribution is -2.34. The topological polar surface area (TPSA) is 198 Å². The van der Waals surface area contributed by atoms with Gasteiger partial charge in [0.2, 0.25) is 0 Å². The van der Waals surface area contributed by atoms with Gasteiger partial charge in [0.1, 0.15) is 35.7 Å². The highest BCUT2D eigenvalue weighted by atomic mass is 31.2. The zero-order valence-corrected chi connectivity index (χ0v) is 40.1. The monoisotopic (exact) mass is 896 g/mol. The van der Waals surface area contributed by atoms with Gasteiger partial charge in [0.15, 0.2) is 6.10 Å². The van der Waals surface area contributed by atoms with E-state index in [1.54, 1.807) is 0 Å². The molecule has 0 spiro atoms. The number of aryl methyl sites for hydroxylation is 4. The molecule has 62 heavy (non-hydrogen) atoms. The molecule has 0 saturated carbocycles. The molecule has 0 radical (unpaired) electrons. The molecular weight excluding hydrogens is 813 g/mol. The Labute approximate surface area is 372 Å². The zero-order chi connectivity index (χ0) is 45.8. The third-order valence-corrected chi connectivity index (χ3v) is 12.7. The van der Waals surface area contributed by atoms with Crippen LogP contribution >= 0.6 is 7.82 Å². The van der Waals surface area contributed by atoms with Crippen molar-refractivity contribution < 1.29 is 56.3 Å². The van der Waals surface area contributed by atoms with Gasteiger partial charge in [-0.25, -0.2) is 4.57 Å². The Kier molecular flexibility index (Phi) is 28.3. The molecule has 3 atom stereocenters. The van der Waals surface area contributed by atoms with Crippen LogP contribution in [0.4, 0.5) is 0 Å². The number of carboxylic acid groups (broad SMARTS) is 1. The lowest BCUT2D eigenvalue weighted by atomic mass is 10.0. The Balaban J connectivity index is 1.64. The van der Waals surface area contributed by atoms with Gasteiger partial charge >= 0.3 is 25.7 Å². The fourth-order valence-corrected chi connectivity index (χ4v) is 8.25. The summed E-state index contributed by atoms with van der Waals surface area (Å²) < 4.78 is 45.2. The summed E-state index contributed by atoms with van der Waals surface area (Å²) in [6, 6.07) is -1.53. The summed E-state index contributed by atoms with van der Waals surface area (Å²) in [4.78, 5) is 46.3. The maximum atomic E-state index is 12.7. The Morgan fingerprint density at radius 3 is 1.37 bits per heavy atom. The smallest absolute Gasteiger partial charge is 0.472 e. The molecule has 3 unspecified atom stereocenters. The van der Waals surface area contributed by atoms with Gasteiger partial charge in [-0.2, -0.15) is 0 Å². The number of aliphatic carboxylic acids is 1. The molecule has 0 aliphatic rings. The van der Waals surface area contributed by atoms with E-state index in [9.17, 15) is 23.8 Å². The van der Waals surface area contributed by atoms with Crippen molar-refractivity contribution in [2.45, 2.75) is 221 Å². The first-order chi connectivity index (χ1) is 29.7. The van der Waals surface area contributed by atoms with Crippen molar-refractivity contribution in [3.63, 3.8) is 0 Å². The van der Waals surface area contributed by atoms with E-state index in [0.29, 0.717) is 12.8 Å². The van der Waals surface area contributed by atoms with Crippen LogP contribution in [0.2, 0.25) is 0 Å². The first kappa shape index (κ1) is 55.2. The highest BCUT2D eigenvalue weighted by molar-refractivity contribution is 7.47. The summed E-state index contributed by atoms with van der Waals surface area (Å²) in [6.45, 7) is 11.3. The second-order valence-corrected chi connectivity index (χ2v) is 18.5. The van der Waals surface area contributed by atoms with Crippen LogP contribution in [-0.2, 0) is 63.2 Å². The van der Waals surface area contributed by atoms with E-state index < -0.39 is 51.1 Å². The van der Waals surface area contributed by atoms with Crippen LogP contribution in [0.1, 0.15) is 200 Å². The summed E-state index contributed by atoms with van der Waals surface area (Å²) in [5.74, 6) is 2.11. The summed E-state index contributed by atoms with van der Waals surface area (Å²) in [5.41, 5.74) is 10.5. The van der Waals surface area contributed by atoms with Crippen molar-refractivity contribution in [2.75, 3.05) is 19.8 Å². The average Bonchev–Trinajstić information content (AvgIpc) is 3.66. The number of hydrogen-bond acceptors (Lipinski definition) is 11. The molecule has 2 aromatic heterocycles. The van der Waals surface area contributed by atoms with Crippen LogP contribution < -0.4 is 5.73 Å². The van der Waals surface area contributed by atoms with Crippen molar-refractivity contribution in [3.05, 3.63) is 45.3 Å². The van der Waals surface area contributed by atoms with Gasteiger partial charge in [-0.05, 0) is 88.5 Å². The van der Waals surface area contributed by atoms with Crippen LogP contribution in [0.15, 0.2) is 8.83 Å². The second-order valence-electron chi connectivity index (χ2n) is 17.1. The number of phosphoric acid groups is 1. The Bertz CT molecular complexity index is 1620. The van der Waals surface area contributed by atoms with Crippen LogP contribution in [-0.4, -0.2) is 59.9 Å². The first-order valence-corrected chi connectivity index (χ1v) is 25.3. The number of rotatable bonds is 38. The lowest BCUT2D eigenvalue weighted by molar-refractivity contribution is -0.161. The molecule has 0 aliphatic heterocycles. The van der Waals surface area contributed by atoms with Crippen LogP contribution in [0, 0.1) is 27.7 Å². The lowest BCUT2D eigenvalue weighted by Gasteiger charge is -2.20. The van der Waals surface area contributed by atoms with Gasteiger partial charge in [0, 0.05) is 38.5 Å². The quantitative estimate of drug-likeness (QED) is 0.0327. The Morgan fingerprint density at radius 2 is 0.935 bits per heavy atom. The predicted octanol–water partition coefficient (Wildman–Crippen LogP) is 11.6. The number of phosphoric ester groups is 1. The fraction of sp³-hybridized carbons (Fsp3) is 0.771. The number of carboxylic acids is 1. The first-order valence-electron chi connectivity index (χ1n) is 23.8. The molecule has 2 heterocycles. The van der Waals surface area contributed by atoms with Gasteiger partial charge in [-0.3, -0.25) is 23.4 Å². The van der Waals surface area contributed by atoms with Crippen molar-refractivity contribution in [1.82, 2.24) is 0 Å². The molecule has 0 saturated heterocycles. The van der Waals surface area contributed by atoms with Gasteiger partial charge < -0.3 is 34.0 Å².